The number of benzene rings is 1. The molecular formula is C15H20O5S. The van der Waals surface area contributed by atoms with Crippen molar-refractivity contribution >= 4 is 23.9 Å². The molecule has 0 radical (unpaired) electrons. The highest BCUT2D eigenvalue weighted by Crippen LogP contribution is 2.19. The van der Waals surface area contributed by atoms with Gasteiger partial charge in [-0.15, -0.1) is 11.8 Å². The SMILES string of the molecule is CSc1ccc(OC(=O)OC(C)COC(=O)C(C)C)cc1. The van der Waals surface area contributed by atoms with Gasteiger partial charge in [0.1, 0.15) is 18.5 Å². The van der Waals surface area contributed by atoms with Gasteiger partial charge in [0.2, 0.25) is 0 Å². The molecule has 6 heteroatoms. The summed E-state index contributed by atoms with van der Waals surface area (Å²) in [6, 6.07) is 7.08. The number of ether oxygens (including phenoxy) is 3. The van der Waals surface area contributed by atoms with Crippen LogP contribution in [0, 0.1) is 5.92 Å². The topological polar surface area (TPSA) is 61.8 Å². The van der Waals surface area contributed by atoms with Crippen LogP contribution < -0.4 is 4.74 Å². The number of rotatable bonds is 6. The Morgan fingerprint density at radius 3 is 2.29 bits per heavy atom. The number of carbonyl (C=O) groups excluding carboxylic acids is 2. The van der Waals surface area contributed by atoms with Gasteiger partial charge in [-0.2, -0.15) is 0 Å². The largest absolute Gasteiger partial charge is 0.514 e. The second-order valence-electron chi connectivity index (χ2n) is 4.74. The van der Waals surface area contributed by atoms with Crippen LogP contribution in [-0.2, 0) is 14.3 Å². The summed E-state index contributed by atoms with van der Waals surface area (Å²) in [7, 11) is 0. The summed E-state index contributed by atoms with van der Waals surface area (Å²) in [6.07, 6.45) is 0.579. The Hall–Kier alpha value is -1.69. The first-order chi connectivity index (χ1) is 9.92. The Morgan fingerprint density at radius 2 is 1.76 bits per heavy atom. The van der Waals surface area contributed by atoms with E-state index in [0.29, 0.717) is 5.75 Å². The molecule has 1 aromatic rings. The molecule has 0 amide bonds. The molecule has 0 aliphatic rings. The predicted octanol–water partition coefficient (Wildman–Crippen LogP) is 3.51. The summed E-state index contributed by atoms with van der Waals surface area (Å²) < 4.78 is 15.0. The molecule has 1 atom stereocenters. The number of hydrogen-bond donors (Lipinski definition) is 0. The maximum atomic E-state index is 11.6. The van der Waals surface area contributed by atoms with E-state index in [9.17, 15) is 9.59 Å². The average molecular weight is 312 g/mol. The maximum absolute atomic E-state index is 11.6. The molecule has 1 rings (SSSR count). The van der Waals surface area contributed by atoms with Gasteiger partial charge < -0.3 is 14.2 Å². The predicted molar refractivity (Wildman–Crippen MR) is 80.6 cm³/mol. The van der Waals surface area contributed by atoms with E-state index in [1.54, 1.807) is 44.7 Å². The van der Waals surface area contributed by atoms with Crippen molar-refractivity contribution in [3.8, 4) is 5.75 Å². The third-order valence-electron chi connectivity index (χ3n) is 2.49. The van der Waals surface area contributed by atoms with Gasteiger partial charge in [0.05, 0.1) is 5.92 Å². The molecule has 0 saturated heterocycles. The lowest BCUT2D eigenvalue weighted by atomic mass is 10.2. The highest BCUT2D eigenvalue weighted by atomic mass is 32.2. The first-order valence-corrected chi connectivity index (χ1v) is 7.84. The Labute approximate surface area is 129 Å². The van der Waals surface area contributed by atoms with Crippen LogP contribution in [0.25, 0.3) is 0 Å². The molecule has 1 unspecified atom stereocenters. The Morgan fingerprint density at radius 1 is 1.14 bits per heavy atom. The van der Waals surface area contributed by atoms with Crippen LogP contribution in [0.4, 0.5) is 4.79 Å². The zero-order valence-corrected chi connectivity index (χ0v) is 13.4. The lowest BCUT2D eigenvalue weighted by Gasteiger charge is -2.14. The van der Waals surface area contributed by atoms with E-state index in [1.807, 2.05) is 18.4 Å². The normalized spacial score (nSPS) is 11.9. The molecule has 1 aromatic carbocycles. The molecule has 0 N–H and O–H groups in total. The third kappa shape index (κ3) is 6.53. The van der Waals surface area contributed by atoms with Gasteiger partial charge in [0.15, 0.2) is 0 Å². The van der Waals surface area contributed by atoms with Gasteiger partial charge in [-0.05, 0) is 37.4 Å². The fourth-order valence-electron chi connectivity index (χ4n) is 1.33. The van der Waals surface area contributed by atoms with E-state index in [2.05, 4.69) is 0 Å². The van der Waals surface area contributed by atoms with Crippen LogP contribution >= 0.6 is 11.8 Å². The Kier molecular flexibility index (Phi) is 7.08. The average Bonchev–Trinajstić information content (AvgIpc) is 2.45. The number of carbonyl (C=O) groups is 2. The van der Waals surface area contributed by atoms with Gasteiger partial charge in [-0.1, -0.05) is 13.8 Å². The fourth-order valence-corrected chi connectivity index (χ4v) is 1.74. The van der Waals surface area contributed by atoms with Crippen molar-refractivity contribution < 1.29 is 23.8 Å². The standard InChI is InChI=1S/C15H20O5S/c1-10(2)14(16)18-9-11(3)19-15(17)20-12-5-7-13(21-4)8-6-12/h5-8,10-11H,9H2,1-4H3. The quantitative estimate of drug-likeness (QED) is 0.455. The molecule has 0 aliphatic carbocycles. The smallest absolute Gasteiger partial charge is 0.462 e. The molecular weight excluding hydrogens is 292 g/mol. The summed E-state index contributed by atoms with van der Waals surface area (Å²) in [5.74, 6) is -0.130. The van der Waals surface area contributed by atoms with Crippen molar-refractivity contribution in [3.05, 3.63) is 24.3 Å². The van der Waals surface area contributed by atoms with Crippen molar-refractivity contribution in [1.82, 2.24) is 0 Å². The minimum atomic E-state index is -0.819. The fraction of sp³-hybridized carbons (Fsp3) is 0.467. The van der Waals surface area contributed by atoms with Crippen molar-refractivity contribution in [2.75, 3.05) is 12.9 Å². The van der Waals surface area contributed by atoms with Gasteiger partial charge in [0.25, 0.3) is 0 Å². The van der Waals surface area contributed by atoms with Crippen LogP contribution in [0.3, 0.4) is 0 Å². The summed E-state index contributed by atoms with van der Waals surface area (Å²) in [5, 5.41) is 0. The molecule has 5 nitrogen and oxygen atoms in total. The molecule has 0 heterocycles. The van der Waals surface area contributed by atoms with Crippen LogP contribution in [0.15, 0.2) is 29.2 Å². The van der Waals surface area contributed by atoms with Gasteiger partial charge in [0, 0.05) is 4.90 Å². The molecule has 0 saturated carbocycles. The minimum absolute atomic E-state index is 0.0114. The van der Waals surface area contributed by atoms with Crippen LogP contribution in [0.5, 0.6) is 5.75 Å². The molecule has 116 valence electrons. The number of esters is 1. The van der Waals surface area contributed by atoms with E-state index in [4.69, 9.17) is 14.2 Å². The van der Waals surface area contributed by atoms with Gasteiger partial charge in [-0.25, -0.2) is 4.79 Å². The Balaban J connectivity index is 2.36. The second kappa shape index (κ2) is 8.56. The minimum Gasteiger partial charge on any atom is -0.462 e. The van der Waals surface area contributed by atoms with Crippen molar-refractivity contribution in [3.63, 3.8) is 0 Å². The second-order valence-corrected chi connectivity index (χ2v) is 5.62. The summed E-state index contributed by atoms with van der Waals surface area (Å²) in [5.41, 5.74) is 0. The van der Waals surface area contributed by atoms with E-state index in [-0.39, 0.29) is 18.5 Å². The lowest BCUT2D eigenvalue weighted by Crippen LogP contribution is -2.25. The lowest BCUT2D eigenvalue weighted by molar-refractivity contribution is -0.150. The molecule has 0 fully saturated rings. The highest BCUT2D eigenvalue weighted by molar-refractivity contribution is 7.98. The summed E-state index contributed by atoms with van der Waals surface area (Å²) >= 11 is 1.60. The van der Waals surface area contributed by atoms with Crippen molar-refractivity contribution in [2.45, 2.75) is 31.8 Å². The van der Waals surface area contributed by atoms with Gasteiger partial charge >= 0.3 is 12.1 Å². The van der Waals surface area contributed by atoms with E-state index in [0.717, 1.165) is 4.90 Å². The molecule has 0 bridgehead atoms. The van der Waals surface area contributed by atoms with Gasteiger partial charge in [-0.3, -0.25) is 4.79 Å². The number of hydrogen-bond acceptors (Lipinski definition) is 6. The zero-order valence-electron chi connectivity index (χ0n) is 12.6. The maximum Gasteiger partial charge on any atom is 0.514 e. The van der Waals surface area contributed by atoms with Crippen molar-refractivity contribution in [2.24, 2.45) is 5.92 Å². The summed E-state index contributed by atoms with van der Waals surface area (Å²) in [4.78, 5) is 23.9. The zero-order chi connectivity index (χ0) is 15.8. The van der Waals surface area contributed by atoms with Crippen LogP contribution in [0.2, 0.25) is 0 Å². The molecule has 0 aliphatic heterocycles. The first-order valence-electron chi connectivity index (χ1n) is 6.61. The number of thioether (sulfide) groups is 1. The first kappa shape index (κ1) is 17.4. The van der Waals surface area contributed by atoms with Crippen LogP contribution in [-0.4, -0.2) is 31.1 Å². The summed E-state index contributed by atoms with van der Waals surface area (Å²) in [6.45, 7) is 5.12. The molecule has 0 spiro atoms. The van der Waals surface area contributed by atoms with Crippen LogP contribution in [0.1, 0.15) is 20.8 Å². The highest BCUT2D eigenvalue weighted by Gasteiger charge is 2.15. The van der Waals surface area contributed by atoms with E-state index < -0.39 is 12.3 Å². The van der Waals surface area contributed by atoms with E-state index in [1.165, 1.54) is 0 Å². The molecule has 0 aromatic heterocycles. The third-order valence-corrected chi connectivity index (χ3v) is 3.23. The monoisotopic (exact) mass is 312 g/mol. The Bertz CT molecular complexity index is 469. The molecule has 21 heavy (non-hydrogen) atoms. The van der Waals surface area contributed by atoms with Crippen molar-refractivity contribution in [1.29, 1.82) is 0 Å². The van der Waals surface area contributed by atoms with E-state index >= 15 is 0 Å².